The summed E-state index contributed by atoms with van der Waals surface area (Å²) in [4.78, 5) is 28.4. The lowest BCUT2D eigenvalue weighted by Crippen LogP contribution is -2.50. The van der Waals surface area contributed by atoms with Gasteiger partial charge in [0.15, 0.2) is 0 Å². The number of hydrogen-bond donors (Lipinski definition) is 0. The van der Waals surface area contributed by atoms with Crippen LogP contribution in [0.3, 0.4) is 0 Å². The van der Waals surface area contributed by atoms with Gasteiger partial charge >= 0.3 is 0 Å². The SMILES string of the molecule is Cc1cc(C)c(C(=O)P(=O)(C(=O)C23CC4CC(CC(C4)C2)C3)c2ccccc2)c(C)c1. The van der Waals surface area contributed by atoms with Gasteiger partial charge in [0.05, 0.1) is 0 Å². The number of rotatable bonds is 5. The molecule has 0 N–H and O–H groups in total. The fraction of sp³-hybridized carbons (Fsp3) is 0.481. The number of benzene rings is 2. The summed E-state index contributed by atoms with van der Waals surface area (Å²) in [6.07, 6.45) is 6.04. The van der Waals surface area contributed by atoms with Crippen molar-refractivity contribution in [3.05, 3.63) is 64.7 Å². The van der Waals surface area contributed by atoms with Crippen LogP contribution in [0.25, 0.3) is 0 Å². The van der Waals surface area contributed by atoms with Gasteiger partial charge in [-0.1, -0.05) is 48.0 Å². The number of carbonyl (C=O) groups is 2. The summed E-state index contributed by atoms with van der Waals surface area (Å²) in [5.41, 5.74) is 1.84. The van der Waals surface area contributed by atoms with E-state index in [2.05, 4.69) is 0 Å². The van der Waals surface area contributed by atoms with Crippen molar-refractivity contribution in [2.45, 2.75) is 59.3 Å². The monoisotopic (exact) mass is 434 g/mol. The van der Waals surface area contributed by atoms with E-state index in [0.717, 1.165) is 36.0 Å². The topological polar surface area (TPSA) is 51.2 Å². The molecule has 3 nitrogen and oxygen atoms in total. The normalized spacial score (nSPS) is 30.7. The van der Waals surface area contributed by atoms with E-state index in [-0.39, 0.29) is 5.52 Å². The van der Waals surface area contributed by atoms with Gasteiger partial charge in [0.2, 0.25) is 18.2 Å². The van der Waals surface area contributed by atoms with Crippen molar-refractivity contribution in [3.63, 3.8) is 0 Å². The third-order valence-electron chi connectivity index (χ3n) is 8.07. The number of carbonyl (C=O) groups excluding carboxylic acids is 2. The molecule has 6 rings (SSSR count). The molecule has 0 aromatic heterocycles. The lowest BCUT2D eigenvalue weighted by Gasteiger charge is -2.56. The molecule has 0 heterocycles. The number of aryl methyl sites for hydroxylation is 3. The lowest BCUT2D eigenvalue weighted by molar-refractivity contribution is -0.135. The largest absolute Gasteiger partial charge is 0.302 e. The van der Waals surface area contributed by atoms with Crippen molar-refractivity contribution in [2.24, 2.45) is 23.2 Å². The van der Waals surface area contributed by atoms with Gasteiger partial charge in [-0.25, -0.2) is 0 Å². The van der Waals surface area contributed by atoms with Crippen molar-refractivity contribution >= 4 is 23.5 Å². The highest BCUT2D eigenvalue weighted by Crippen LogP contribution is 2.66. The Kier molecular flexibility index (Phi) is 4.90. The van der Waals surface area contributed by atoms with Crippen LogP contribution in [0.2, 0.25) is 0 Å². The average molecular weight is 435 g/mol. The van der Waals surface area contributed by atoms with Crippen molar-refractivity contribution in [2.75, 3.05) is 0 Å². The Balaban J connectivity index is 1.66. The van der Waals surface area contributed by atoms with Gasteiger partial charge < -0.3 is 4.57 Å². The van der Waals surface area contributed by atoms with Crippen LogP contribution in [0.4, 0.5) is 0 Å². The predicted octanol–water partition coefficient (Wildman–Crippen LogP) is 6.18. The van der Waals surface area contributed by atoms with Gasteiger partial charge in [-0.05, 0) is 88.2 Å². The van der Waals surface area contributed by atoms with E-state index in [1.54, 1.807) is 24.3 Å². The lowest BCUT2D eigenvalue weighted by atomic mass is 9.50. The van der Waals surface area contributed by atoms with Gasteiger partial charge in [-0.2, -0.15) is 0 Å². The molecular formula is C27H31O3P. The first-order valence-electron chi connectivity index (χ1n) is 11.6. The minimum absolute atomic E-state index is 0.255. The Morgan fingerprint density at radius 2 is 1.32 bits per heavy atom. The average Bonchev–Trinajstić information content (AvgIpc) is 2.71. The molecule has 162 valence electrons. The minimum Gasteiger partial charge on any atom is -0.302 e. The highest BCUT2D eigenvalue weighted by Gasteiger charge is 2.60. The first-order valence-corrected chi connectivity index (χ1v) is 13.3. The molecule has 1 unspecified atom stereocenters. The van der Waals surface area contributed by atoms with E-state index < -0.39 is 18.1 Å². The summed E-state index contributed by atoms with van der Waals surface area (Å²) in [6, 6.07) is 12.8. The maximum Gasteiger partial charge on any atom is 0.244 e. The van der Waals surface area contributed by atoms with Gasteiger partial charge in [-0.3, -0.25) is 9.59 Å². The Morgan fingerprint density at radius 3 is 1.81 bits per heavy atom. The Bertz CT molecular complexity index is 1060. The highest BCUT2D eigenvalue weighted by atomic mass is 31.2. The Labute approximate surface area is 185 Å². The number of hydrogen-bond acceptors (Lipinski definition) is 3. The van der Waals surface area contributed by atoms with Crippen molar-refractivity contribution in [3.8, 4) is 0 Å². The molecule has 4 fully saturated rings. The quantitative estimate of drug-likeness (QED) is 0.528. The molecule has 0 aliphatic heterocycles. The molecule has 0 saturated heterocycles. The molecule has 31 heavy (non-hydrogen) atoms. The van der Waals surface area contributed by atoms with Crippen LogP contribution in [0, 0.1) is 43.9 Å². The second-order valence-corrected chi connectivity index (χ2v) is 13.1. The second-order valence-electron chi connectivity index (χ2n) is 10.5. The Morgan fingerprint density at radius 1 is 0.839 bits per heavy atom. The van der Waals surface area contributed by atoms with E-state index in [4.69, 9.17) is 0 Å². The summed E-state index contributed by atoms with van der Waals surface area (Å²) in [6.45, 7) is 5.77. The Hall–Kier alpha value is -1.99. The minimum atomic E-state index is -3.97. The molecule has 4 heteroatoms. The maximum atomic E-state index is 14.8. The van der Waals surface area contributed by atoms with Crippen LogP contribution in [0.15, 0.2) is 42.5 Å². The van der Waals surface area contributed by atoms with Crippen LogP contribution in [-0.2, 0) is 9.36 Å². The molecule has 2 aromatic carbocycles. The first-order chi connectivity index (χ1) is 14.7. The molecular weight excluding hydrogens is 403 g/mol. The molecule has 4 saturated carbocycles. The van der Waals surface area contributed by atoms with Crippen LogP contribution in [-0.4, -0.2) is 11.0 Å². The van der Waals surface area contributed by atoms with Crippen LogP contribution in [0.1, 0.15) is 65.6 Å². The summed E-state index contributed by atoms with van der Waals surface area (Å²) >= 11 is 0. The molecule has 4 bridgehead atoms. The van der Waals surface area contributed by atoms with Gasteiger partial charge in [0, 0.05) is 16.3 Å². The van der Waals surface area contributed by atoms with Crippen molar-refractivity contribution < 1.29 is 14.2 Å². The van der Waals surface area contributed by atoms with Gasteiger partial charge in [0.25, 0.3) is 0 Å². The standard InChI is InChI=1S/C27H31O3P/c1-17-9-18(2)24(19(3)10-17)25(28)31(30,23-7-5-4-6-8-23)26(29)27-14-20-11-21(15-27)13-22(12-20)16-27/h4-10,20-22H,11-16H2,1-3H3. The highest BCUT2D eigenvalue weighted by molar-refractivity contribution is 8.00. The van der Waals surface area contributed by atoms with Crippen LogP contribution in [0.5, 0.6) is 0 Å². The van der Waals surface area contributed by atoms with E-state index in [1.807, 2.05) is 39.0 Å². The molecule has 4 aliphatic rings. The van der Waals surface area contributed by atoms with Crippen LogP contribution < -0.4 is 5.30 Å². The maximum absolute atomic E-state index is 14.8. The molecule has 2 aromatic rings. The zero-order valence-electron chi connectivity index (χ0n) is 18.7. The summed E-state index contributed by atoms with van der Waals surface area (Å²) in [7, 11) is -3.97. The third kappa shape index (κ3) is 3.20. The molecule has 0 amide bonds. The molecule has 1 atom stereocenters. The molecule has 4 aliphatic carbocycles. The summed E-state index contributed by atoms with van der Waals surface area (Å²) < 4.78 is 14.8. The summed E-state index contributed by atoms with van der Waals surface area (Å²) in [5.74, 6) is 1.66. The van der Waals surface area contributed by atoms with E-state index in [1.165, 1.54) is 19.3 Å². The predicted molar refractivity (Wildman–Crippen MR) is 124 cm³/mol. The van der Waals surface area contributed by atoms with Gasteiger partial charge in [-0.15, -0.1) is 0 Å². The van der Waals surface area contributed by atoms with Crippen LogP contribution >= 0.6 is 7.14 Å². The molecule has 0 spiro atoms. The smallest absolute Gasteiger partial charge is 0.244 e. The second kappa shape index (κ2) is 7.27. The first kappa shape index (κ1) is 20.9. The van der Waals surface area contributed by atoms with E-state index >= 15 is 0 Å². The van der Waals surface area contributed by atoms with Crippen molar-refractivity contribution in [1.29, 1.82) is 0 Å². The van der Waals surface area contributed by atoms with Gasteiger partial charge in [0.1, 0.15) is 0 Å². The fourth-order valence-electron chi connectivity index (χ4n) is 7.35. The van der Waals surface area contributed by atoms with Crippen molar-refractivity contribution in [1.82, 2.24) is 0 Å². The fourth-order valence-corrected chi connectivity index (χ4v) is 10.2. The zero-order chi connectivity index (χ0) is 22.0. The summed E-state index contributed by atoms with van der Waals surface area (Å²) in [5, 5.41) is 0.403. The van der Waals surface area contributed by atoms with E-state index in [0.29, 0.717) is 28.6 Å². The molecule has 0 radical (unpaired) electrons. The zero-order valence-corrected chi connectivity index (χ0v) is 19.6. The third-order valence-corrected chi connectivity index (χ3v) is 10.9. The van der Waals surface area contributed by atoms with E-state index in [9.17, 15) is 14.2 Å².